The zero-order valence-corrected chi connectivity index (χ0v) is 15.8. The quantitative estimate of drug-likeness (QED) is 0.875. The fourth-order valence-corrected chi connectivity index (χ4v) is 2.87. The average molecular weight is 351 g/mol. The third kappa shape index (κ3) is 5.17. The van der Waals surface area contributed by atoms with Crippen LogP contribution in [0.15, 0.2) is 6.33 Å². The number of carbonyl (C=O) groups excluding carboxylic acids is 2. The Morgan fingerprint density at radius 1 is 1.40 bits per heavy atom. The van der Waals surface area contributed by atoms with Gasteiger partial charge in [-0.15, -0.1) is 10.2 Å². The molecule has 1 fully saturated rings. The monoisotopic (exact) mass is 351 g/mol. The van der Waals surface area contributed by atoms with Crippen LogP contribution >= 0.6 is 0 Å². The number of nitrogens with one attached hydrogen (secondary N) is 1. The summed E-state index contributed by atoms with van der Waals surface area (Å²) in [4.78, 5) is 26.3. The number of hydrogen-bond donors (Lipinski definition) is 1. The molecule has 0 radical (unpaired) electrons. The minimum Gasteiger partial charge on any atom is -0.444 e. The van der Waals surface area contributed by atoms with Crippen LogP contribution in [0, 0.1) is 0 Å². The van der Waals surface area contributed by atoms with Gasteiger partial charge in [-0.3, -0.25) is 9.69 Å². The molecule has 1 unspecified atom stereocenters. The van der Waals surface area contributed by atoms with Gasteiger partial charge in [-0.25, -0.2) is 4.79 Å². The number of rotatable bonds is 5. The van der Waals surface area contributed by atoms with Crippen LogP contribution in [-0.4, -0.2) is 56.4 Å². The summed E-state index contributed by atoms with van der Waals surface area (Å²) in [5, 5.41) is 10.9. The Balaban J connectivity index is 1.87. The molecule has 1 atom stereocenters. The van der Waals surface area contributed by atoms with Crippen LogP contribution in [0.1, 0.15) is 59.3 Å². The second kappa shape index (κ2) is 7.84. The maximum atomic E-state index is 12.5. The lowest BCUT2D eigenvalue weighted by atomic mass is 10.2. The summed E-state index contributed by atoms with van der Waals surface area (Å²) < 4.78 is 7.37. The fourth-order valence-electron chi connectivity index (χ4n) is 2.87. The van der Waals surface area contributed by atoms with Crippen LogP contribution < -0.4 is 5.32 Å². The molecule has 1 aromatic heterocycles. The predicted octanol–water partition coefficient (Wildman–Crippen LogP) is 1.92. The van der Waals surface area contributed by atoms with Crippen LogP contribution in [0.3, 0.4) is 0 Å². The molecular weight excluding hydrogens is 322 g/mol. The summed E-state index contributed by atoms with van der Waals surface area (Å²) in [6.07, 6.45) is 3.34. The predicted molar refractivity (Wildman–Crippen MR) is 93.1 cm³/mol. The van der Waals surface area contributed by atoms with E-state index in [2.05, 4.69) is 29.4 Å². The number of ether oxygens (including phenoxy) is 1. The van der Waals surface area contributed by atoms with E-state index in [1.165, 1.54) is 4.90 Å². The van der Waals surface area contributed by atoms with Gasteiger partial charge < -0.3 is 14.6 Å². The molecule has 0 aliphatic carbocycles. The summed E-state index contributed by atoms with van der Waals surface area (Å²) in [5.74, 6) is 0.699. The van der Waals surface area contributed by atoms with Gasteiger partial charge in [0.15, 0.2) is 0 Å². The third-order valence-corrected chi connectivity index (χ3v) is 4.03. The van der Waals surface area contributed by atoms with E-state index in [0.29, 0.717) is 25.9 Å². The van der Waals surface area contributed by atoms with Crippen molar-refractivity contribution in [3.8, 4) is 0 Å². The Morgan fingerprint density at radius 3 is 2.76 bits per heavy atom. The summed E-state index contributed by atoms with van der Waals surface area (Å²) in [5.41, 5.74) is -0.568. The van der Waals surface area contributed by atoms with Crippen LogP contribution in [0.25, 0.3) is 0 Å². The topological polar surface area (TPSA) is 89.4 Å². The molecule has 8 nitrogen and oxygen atoms in total. The third-order valence-electron chi connectivity index (χ3n) is 4.03. The van der Waals surface area contributed by atoms with E-state index in [0.717, 1.165) is 12.2 Å². The molecule has 2 heterocycles. The Morgan fingerprint density at radius 2 is 2.12 bits per heavy atom. The minimum atomic E-state index is -0.568. The summed E-state index contributed by atoms with van der Waals surface area (Å²) in [7, 11) is 0. The lowest BCUT2D eigenvalue weighted by molar-refractivity contribution is -0.125. The zero-order chi connectivity index (χ0) is 18.6. The van der Waals surface area contributed by atoms with E-state index in [9.17, 15) is 9.59 Å². The van der Waals surface area contributed by atoms with Gasteiger partial charge in [0.2, 0.25) is 5.91 Å². The van der Waals surface area contributed by atoms with Crippen LogP contribution in [-0.2, 0) is 16.0 Å². The van der Waals surface area contributed by atoms with Crippen molar-refractivity contribution in [3.05, 3.63) is 12.2 Å². The minimum absolute atomic E-state index is 0.140. The van der Waals surface area contributed by atoms with Crippen molar-refractivity contribution < 1.29 is 14.3 Å². The molecule has 1 N–H and O–H groups in total. The second-order valence-corrected chi connectivity index (χ2v) is 7.62. The van der Waals surface area contributed by atoms with E-state index >= 15 is 0 Å². The van der Waals surface area contributed by atoms with E-state index in [4.69, 9.17) is 4.74 Å². The van der Waals surface area contributed by atoms with Gasteiger partial charge >= 0.3 is 6.09 Å². The largest absolute Gasteiger partial charge is 0.444 e. The number of aromatic nitrogens is 3. The first-order valence-electron chi connectivity index (χ1n) is 8.85. The molecule has 140 valence electrons. The maximum absolute atomic E-state index is 12.5. The number of likely N-dealkylation sites (tertiary alicyclic amines) is 1. The number of hydrogen-bond acceptors (Lipinski definition) is 5. The maximum Gasteiger partial charge on any atom is 0.410 e. The van der Waals surface area contributed by atoms with E-state index < -0.39 is 17.7 Å². The van der Waals surface area contributed by atoms with Gasteiger partial charge in [0.25, 0.3) is 0 Å². The van der Waals surface area contributed by atoms with Crippen LogP contribution in [0.5, 0.6) is 0 Å². The number of nitrogens with zero attached hydrogens (tertiary/aromatic N) is 4. The second-order valence-electron chi connectivity index (χ2n) is 7.62. The molecule has 0 saturated carbocycles. The van der Waals surface area contributed by atoms with E-state index in [-0.39, 0.29) is 11.9 Å². The molecule has 2 rings (SSSR count). The molecule has 1 aromatic rings. The van der Waals surface area contributed by atoms with E-state index in [1.54, 1.807) is 6.33 Å². The lowest BCUT2D eigenvalue weighted by Crippen LogP contribution is -2.47. The first kappa shape index (κ1) is 19.2. The van der Waals surface area contributed by atoms with Gasteiger partial charge in [-0.05, 0) is 47.5 Å². The van der Waals surface area contributed by atoms with Gasteiger partial charge in [0, 0.05) is 25.6 Å². The smallest absolute Gasteiger partial charge is 0.410 e. The van der Waals surface area contributed by atoms with Gasteiger partial charge in [-0.2, -0.15) is 0 Å². The lowest BCUT2D eigenvalue weighted by Gasteiger charge is -2.28. The molecular formula is C17H29N5O3. The molecule has 1 aliphatic heterocycles. The summed E-state index contributed by atoms with van der Waals surface area (Å²) in [6, 6.07) is -0.184. The highest BCUT2D eigenvalue weighted by atomic mass is 16.6. The zero-order valence-electron chi connectivity index (χ0n) is 15.8. The first-order valence-corrected chi connectivity index (χ1v) is 8.85. The van der Waals surface area contributed by atoms with Crippen LogP contribution in [0.2, 0.25) is 0 Å². The fraction of sp³-hybridized carbons (Fsp3) is 0.765. The molecule has 2 amide bonds. The van der Waals surface area contributed by atoms with Crippen LogP contribution in [0.4, 0.5) is 4.79 Å². The van der Waals surface area contributed by atoms with Crippen molar-refractivity contribution in [1.82, 2.24) is 25.0 Å². The van der Waals surface area contributed by atoms with Crippen molar-refractivity contribution in [2.75, 3.05) is 13.1 Å². The highest BCUT2D eigenvalue weighted by molar-refractivity contribution is 5.86. The standard InChI is InChI=1S/C17H29N5O3/c1-12(2)22-11-19-20-14(22)8-9-18-15(23)13-7-6-10-21(13)16(24)25-17(3,4)5/h11-13H,6-10H2,1-5H3,(H,18,23). The number of carbonyl (C=O) groups is 2. The first-order chi connectivity index (χ1) is 11.7. The van der Waals surface area contributed by atoms with Gasteiger partial charge in [0.05, 0.1) is 0 Å². The Kier molecular flexibility index (Phi) is 6.02. The normalized spacial score (nSPS) is 17.8. The SMILES string of the molecule is CC(C)n1cnnc1CCNC(=O)C1CCCN1C(=O)OC(C)(C)C. The highest BCUT2D eigenvalue weighted by Gasteiger charge is 2.36. The van der Waals surface area contributed by atoms with Crippen molar-refractivity contribution >= 4 is 12.0 Å². The Bertz CT molecular complexity index is 606. The molecule has 1 saturated heterocycles. The summed E-state index contributed by atoms with van der Waals surface area (Å²) in [6.45, 7) is 10.6. The van der Waals surface area contributed by atoms with Crippen molar-refractivity contribution in [1.29, 1.82) is 0 Å². The average Bonchev–Trinajstić information content (AvgIpc) is 3.14. The molecule has 1 aliphatic rings. The van der Waals surface area contributed by atoms with Gasteiger partial charge in [-0.1, -0.05) is 0 Å². The Hall–Kier alpha value is -2.12. The molecule has 0 spiro atoms. The van der Waals surface area contributed by atoms with Crippen molar-refractivity contribution in [2.24, 2.45) is 0 Å². The molecule has 8 heteroatoms. The van der Waals surface area contributed by atoms with Gasteiger partial charge in [0.1, 0.15) is 23.8 Å². The summed E-state index contributed by atoms with van der Waals surface area (Å²) >= 11 is 0. The Labute approximate surface area is 148 Å². The highest BCUT2D eigenvalue weighted by Crippen LogP contribution is 2.21. The van der Waals surface area contributed by atoms with Crippen molar-refractivity contribution in [3.63, 3.8) is 0 Å². The number of amides is 2. The van der Waals surface area contributed by atoms with Crippen molar-refractivity contribution in [2.45, 2.75) is 71.6 Å². The molecule has 0 bridgehead atoms. The van der Waals surface area contributed by atoms with E-state index in [1.807, 2.05) is 25.3 Å². The molecule has 25 heavy (non-hydrogen) atoms. The molecule has 0 aromatic carbocycles.